The number of carbonyl (C=O) groups excluding carboxylic acids is 2. The van der Waals surface area contributed by atoms with Crippen molar-refractivity contribution >= 4 is 29.1 Å². The second-order valence-corrected chi connectivity index (χ2v) is 8.02. The number of anilines is 1. The second kappa shape index (κ2) is 9.00. The lowest BCUT2D eigenvalue weighted by molar-refractivity contribution is 0.00709. The smallest absolute Gasteiger partial charge is 0.270 e. The standard InChI is InChI=1S/C23H19ClF2N4O2/c24-16-3-1-14(2-4-16)18-7-9-27-13-20(18)30-21(31)15-6-10-28-19(11-15)22(32)29-17-5-8-23(25,26)12-17/h1-4,6-7,9-11,13,17H,5,8,12H2,(H,29,32)(H,30,31). The third-order valence-corrected chi connectivity index (χ3v) is 5.47. The zero-order valence-electron chi connectivity index (χ0n) is 16.8. The van der Waals surface area contributed by atoms with Crippen LogP contribution in [0.5, 0.6) is 0 Å². The van der Waals surface area contributed by atoms with Crippen molar-refractivity contribution in [2.75, 3.05) is 5.32 Å². The largest absolute Gasteiger partial charge is 0.348 e. The van der Waals surface area contributed by atoms with Crippen molar-refractivity contribution < 1.29 is 18.4 Å². The van der Waals surface area contributed by atoms with Gasteiger partial charge in [0.15, 0.2) is 0 Å². The summed E-state index contributed by atoms with van der Waals surface area (Å²) in [5.41, 5.74) is 2.26. The minimum atomic E-state index is -2.77. The van der Waals surface area contributed by atoms with Gasteiger partial charge >= 0.3 is 0 Å². The maximum absolute atomic E-state index is 13.4. The van der Waals surface area contributed by atoms with E-state index >= 15 is 0 Å². The van der Waals surface area contributed by atoms with Gasteiger partial charge in [0.2, 0.25) is 5.92 Å². The number of benzene rings is 1. The average Bonchev–Trinajstić information content (AvgIpc) is 3.13. The summed E-state index contributed by atoms with van der Waals surface area (Å²) in [5.74, 6) is -3.82. The molecule has 3 aromatic rings. The van der Waals surface area contributed by atoms with Crippen LogP contribution < -0.4 is 10.6 Å². The Morgan fingerprint density at radius 1 is 1.06 bits per heavy atom. The van der Waals surface area contributed by atoms with E-state index in [-0.39, 0.29) is 24.1 Å². The summed E-state index contributed by atoms with van der Waals surface area (Å²) in [7, 11) is 0. The predicted molar refractivity (Wildman–Crippen MR) is 117 cm³/mol. The van der Waals surface area contributed by atoms with Crippen LogP contribution in [0.15, 0.2) is 61.1 Å². The van der Waals surface area contributed by atoms with Gasteiger partial charge in [0, 0.05) is 47.4 Å². The molecule has 2 N–H and O–H groups in total. The molecule has 1 atom stereocenters. The highest BCUT2D eigenvalue weighted by molar-refractivity contribution is 6.30. The SMILES string of the molecule is O=C(Nc1cnccc1-c1ccc(Cl)cc1)c1ccnc(C(=O)NC2CCC(F)(F)C2)c1. The van der Waals surface area contributed by atoms with Crippen LogP contribution >= 0.6 is 11.6 Å². The van der Waals surface area contributed by atoms with Gasteiger partial charge < -0.3 is 10.6 Å². The maximum atomic E-state index is 13.4. The van der Waals surface area contributed by atoms with E-state index in [9.17, 15) is 18.4 Å². The van der Waals surface area contributed by atoms with Gasteiger partial charge in [-0.3, -0.25) is 19.6 Å². The number of nitrogens with one attached hydrogen (secondary N) is 2. The molecule has 0 spiro atoms. The molecule has 164 valence electrons. The zero-order valence-corrected chi connectivity index (χ0v) is 17.6. The number of hydrogen-bond donors (Lipinski definition) is 2. The fraction of sp³-hybridized carbons (Fsp3) is 0.217. The van der Waals surface area contributed by atoms with Crippen LogP contribution in [-0.2, 0) is 0 Å². The molecule has 1 aliphatic carbocycles. The summed E-state index contributed by atoms with van der Waals surface area (Å²) in [6, 6.07) is 11.1. The summed E-state index contributed by atoms with van der Waals surface area (Å²) < 4.78 is 26.7. The Balaban J connectivity index is 1.49. The first-order valence-electron chi connectivity index (χ1n) is 9.97. The van der Waals surface area contributed by atoms with Gasteiger partial charge in [-0.2, -0.15) is 0 Å². The monoisotopic (exact) mass is 456 g/mol. The molecule has 1 aromatic carbocycles. The Labute approximate surface area is 188 Å². The van der Waals surface area contributed by atoms with E-state index in [0.717, 1.165) is 11.1 Å². The van der Waals surface area contributed by atoms with Crippen LogP contribution in [0.25, 0.3) is 11.1 Å². The van der Waals surface area contributed by atoms with Crippen molar-refractivity contribution in [3.05, 3.63) is 77.3 Å². The topological polar surface area (TPSA) is 84.0 Å². The fourth-order valence-electron chi connectivity index (χ4n) is 3.60. The first-order chi connectivity index (χ1) is 15.3. The summed E-state index contributed by atoms with van der Waals surface area (Å²) >= 11 is 5.95. The summed E-state index contributed by atoms with van der Waals surface area (Å²) in [4.78, 5) is 33.3. The van der Waals surface area contributed by atoms with Gasteiger partial charge in [-0.15, -0.1) is 0 Å². The normalized spacial score (nSPS) is 17.0. The van der Waals surface area contributed by atoms with E-state index in [1.165, 1.54) is 24.5 Å². The number of pyridine rings is 2. The third kappa shape index (κ3) is 5.08. The molecule has 32 heavy (non-hydrogen) atoms. The quantitative estimate of drug-likeness (QED) is 0.568. The highest BCUT2D eigenvalue weighted by Gasteiger charge is 2.40. The third-order valence-electron chi connectivity index (χ3n) is 5.22. The Kier molecular flexibility index (Phi) is 6.14. The first-order valence-corrected chi connectivity index (χ1v) is 10.3. The van der Waals surface area contributed by atoms with Crippen LogP contribution in [0.2, 0.25) is 5.02 Å². The number of amides is 2. The first kappa shape index (κ1) is 21.8. The lowest BCUT2D eigenvalue weighted by Crippen LogP contribution is -2.34. The molecule has 1 saturated carbocycles. The number of alkyl halides is 2. The van der Waals surface area contributed by atoms with E-state index < -0.39 is 30.2 Å². The molecule has 0 radical (unpaired) electrons. The molecule has 0 aliphatic heterocycles. The number of rotatable bonds is 5. The molecular weight excluding hydrogens is 438 g/mol. The van der Waals surface area contributed by atoms with Gasteiger partial charge in [-0.25, -0.2) is 8.78 Å². The molecule has 4 rings (SSSR count). The minimum Gasteiger partial charge on any atom is -0.348 e. The minimum absolute atomic E-state index is 0.0167. The Morgan fingerprint density at radius 2 is 1.84 bits per heavy atom. The predicted octanol–water partition coefficient (Wildman–Crippen LogP) is 4.97. The lowest BCUT2D eigenvalue weighted by atomic mass is 10.1. The maximum Gasteiger partial charge on any atom is 0.270 e. The van der Waals surface area contributed by atoms with Gasteiger partial charge in [-0.1, -0.05) is 23.7 Å². The van der Waals surface area contributed by atoms with Crippen molar-refractivity contribution in [2.24, 2.45) is 0 Å². The molecule has 6 nitrogen and oxygen atoms in total. The molecule has 0 saturated heterocycles. The van der Waals surface area contributed by atoms with E-state index in [1.807, 2.05) is 12.1 Å². The highest BCUT2D eigenvalue weighted by Crippen LogP contribution is 2.35. The number of halogens is 3. The van der Waals surface area contributed by atoms with Gasteiger partial charge in [0.1, 0.15) is 5.69 Å². The van der Waals surface area contributed by atoms with Crippen molar-refractivity contribution in [3.8, 4) is 11.1 Å². The van der Waals surface area contributed by atoms with E-state index in [1.54, 1.807) is 24.4 Å². The summed E-state index contributed by atoms with van der Waals surface area (Å²) in [6.07, 6.45) is 4.02. The van der Waals surface area contributed by atoms with E-state index in [4.69, 9.17) is 11.6 Å². The van der Waals surface area contributed by atoms with Crippen molar-refractivity contribution in [2.45, 2.75) is 31.2 Å². The molecule has 2 amide bonds. The van der Waals surface area contributed by atoms with E-state index in [0.29, 0.717) is 10.7 Å². The van der Waals surface area contributed by atoms with Crippen molar-refractivity contribution in [1.82, 2.24) is 15.3 Å². The van der Waals surface area contributed by atoms with Crippen LogP contribution in [0.3, 0.4) is 0 Å². The van der Waals surface area contributed by atoms with Gasteiger partial charge in [0.05, 0.1) is 11.9 Å². The van der Waals surface area contributed by atoms with Gasteiger partial charge in [0.25, 0.3) is 11.8 Å². The number of carbonyl (C=O) groups is 2. The van der Waals surface area contributed by atoms with Crippen molar-refractivity contribution in [3.63, 3.8) is 0 Å². The molecule has 1 aliphatic rings. The molecule has 1 fully saturated rings. The van der Waals surface area contributed by atoms with Gasteiger partial charge in [-0.05, 0) is 42.3 Å². The lowest BCUT2D eigenvalue weighted by Gasteiger charge is -2.13. The second-order valence-electron chi connectivity index (χ2n) is 7.58. The van der Waals surface area contributed by atoms with Crippen LogP contribution in [0.4, 0.5) is 14.5 Å². The van der Waals surface area contributed by atoms with Crippen molar-refractivity contribution in [1.29, 1.82) is 0 Å². The fourth-order valence-corrected chi connectivity index (χ4v) is 3.72. The average molecular weight is 457 g/mol. The van der Waals surface area contributed by atoms with Crippen LogP contribution in [0.1, 0.15) is 40.1 Å². The summed E-state index contributed by atoms with van der Waals surface area (Å²) in [6.45, 7) is 0. The van der Waals surface area contributed by atoms with E-state index in [2.05, 4.69) is 20.6 Å². The Morgan fingerprint density at radius 3 is 2.56 bits per heavy atom. The molecule has 9 heteroatoms. The molecule has 1 unspecified atom stereocenters. The molecule has 0 bridgehead atoms. The molecule has 2 aromatic heterocycles. The zero-order chi connectivity index (χ0) is 22.7. The molecular formula is C23H19ClF2N4O2. The number of aromatic nitrogens is 2. The summed E-state index contributed by atoms with van der Waals surface area (Å²) in [5, 5.41) is 5.96. The molecule has 2 heterocycles. The van der Waals surface area contributed by atoms with Crippen LogP contribution in [0, 0.1) is 0 Å². The Hall–Kier alpha value is -3.39. The Bertz CT molecular complexity index is 1150. The highest BCUT2D eigenvalue weighted by atomic mass is 35.5. The number of hydrogen-bond acceptors (Lipinski definition) is 4. The van der Waals surface area contributed by atoms with Crippen LogP contribution in [-0.4, -0.2) is 33.7 Å². The number of nitrogens with zero attached hydrogens (tertiary/aromatic N) is 2.